The number of ether oxygens (including phenoxy) is 4. The van der Waals surface area contributed by atoms with Crippen molar-refractivity contribution in [3.05, 3.63) is 108 Å². The van der Waals surface area contributed by atoms with Crippen molar-refractivity contribution in [3.63, 3.8) is 0 Å². The van der Waals surface area contributed by atoms with Crippen LogP contribution in [0.3, 0.4) is 0 Å². The molecule has 0 bridgehead atoms. The summed E-state index contributed by atoms with van der Waals surface area (Å²) >= 11 is 0. The number of carbonyl (C=O) groups excluding carboxylic acids is 1. The Balaban J connectivity index is 1.21. The first-order valence-corrected chi connectivity index (χ1v) is 14.6. The first kappa shape index (κ1) is 29.5. The van der Waals surface area contributed by atoms with Crippen molar-refractivity contribution in [1.29, 1.82) is 0 Å². The van der Waals surface area contributed by atoms with E-state index < -0.39 is 5.60 Å². The van der Waals surface area contributed by atoms with Gasteiger partial charge in [-0.25, -0.2) is 4.79 Å². The van der Waals surface area contributed by atoms with Crippen LogP contribution in [0.1, 0.15) is 49.9 Å². The van der Waals surface area contributed by atoms with E-state index in [4.69, 9.17) is 18.9 Å². The van der Waals surface area contributed by atoms with Crippen molar-refractivity contribution in [2.45, 2.75) is 58.0 Å². The van der Waals surface area contributed by atoms with Crippen LogP contribution in [0.25, 0.3) is 10.8 Å². The third-order valence-electron chi connectivity index (χ3n) is 7.27. The zero-order valence-electron chi connectivity index (χ0n) is 24.7. The van der Waals surface area contributed by atoms with Gasteiger partial charge in [-0.05, 0) is 79.4 Å². The van der Waals surface area contributed by atoms with Gasteiger partial charge in [-0.15, -0.1) is 0 Å². The van der Waals surface area contributed by atoms with Gasteiger partial charge in [-0.3, -0.25) is 4.98 Å². The number of hydrogen-bond acceptors (Lipinski definition) is 6. The van der Waals surface area contributed by atoms with Gasteiger partial charge in [0.2, 0.25) is 0 Å². The highest BCUT2D eigenvalue weighted by Crippen LogP contribution is 2.33. The molecule has 7 nitrogen and oxygen atoms in total. The topological polar surface area (TPSA) is 70.1 Å². The molecule has 42 heavy (non-hydrogen) atoms. The minimum atomic E-state index is -0.547. The minimum Gasteiger partial charge on any atom is -0.491 e. The van der Waals surface area contributed by atoms with Crippen LogP contribution in [-0.4, -0.2) is 54.0 Å². The molecule has 5 rings (SSSR count). The van der Waals surface area contributed by atoms with Crippen LogP contribution in [0.15, 0.2) is 91.1 Å². The Kier molecular flexibility index (Phi) is 9.72. The first-order chi connectivity index (χ1) is 20.3. The number of piperidine rings is 1. The molecule has 2 unspecified atom stereocenters. The number of nitrogens with zero attached hydrogens (tertiary/aromatic N) is 2. The molecule has 0 N–H and O–H groups in total. The Labute approximate surface area is 248 Å². The maximum atomic E-state index is 12.9. The molecule has 4 aromatic rings. The lowest BCUT2D eigenvalue weighted by Gasteiger charge is -2.39. The fourth-order valence-corrected chi connectivity index (χ4v) is 5.18. The molecular formula is C35H40N2O5. The van der Waals surface area contributed by atoms with Crippen molar-refractivity contribution in [1.82, 2.24) is 9.88 Å². The first-order valence-electron chi connectivity index (χ1n) is 14.6. The van der Waals surface area contributed by atoms with Crippen LogP contribution < -0.4 is 4.74 Å². The summed E-state index contributed by atoms with van der Waals surface area (Å²) in [4.78, 5) is 18.9. The largest absolute Gasteiger partial charge is 0.491 e. The Hall–Kier alpha value is -3.94. The average molecular weight is 569 g/mol. The number of rotatable bonds is 10. The van der Waals surface area contributed by atoms with E-state index in [2.05, 4.69) is 47.4 Å². The van der Waals surface area contributed by atoms with Crippen molar-refractivity contribution < 1.29 is 23.7 Å². The van der Waals surface area contributed by atoms with Gasteiger partial charge in [-0.1, -0.05) is 54.6 Å². The molecule has 0 spiro atoms. The smallest absolute Gasteiger partial charge is 0.410 e. The zero-order valence-corrected chi connectivity index (χ0v) is 24.7. The molecule has 3 aromatic carbocycles. The summed E-state index contributed by atoms with van der Waals surface area (Å²) in [6.07, 6.45) is 2.07. The summed E-state index contributed by atoms with van der Waals surface area (Å²) in [7, 11) is 0. The van der Waals surface area contributed by atoms with Crippen LogP contribution in [0.2, 0.25) is 0 Å². The third kappa shape index (κ3) is 8.30. The molecule has 7 heteroatoms. The molecule has 1 amide bonds. The lowest BCUT2D eigenvalue weighted by Crippen LogP contribution is -2.48. The Bertz CT molecular complexity index is 1440. The second kappa shape index (κ2) is 13.8. The number of fused-ring (bicyclic) bond motifs is 1. The van der Waals surface area contributed by atoms with Crippen LogP contribution in [-0.2, 0) is 27.4 Å². The molecule has 0 aliphatic carbocycles. The lowest BCUT2D eigenvalue weighted by molar-refractivity contribution is -0.0359. The molecule has 1 fully saturated rings. The number of hydrogen-bond donors (Lipinski definition) is 0. The Morgan fingerprint density at radius 1 is 0.905 bits per heavy atom. The van der Waals surface area contributed by atoms with Gasteiger partial charge in [0, 0.05) is 18.7 Å². The van der Waals surface area contributed by atoms with Gasteiger partial charge >= 0.3 is 6.09 Å². The molecule has 1 saturated heterocycles. The second-order valence-electron chi connectivity index (χ2n) is 11.6. The number of aromatic nitrogens is 1. The molecule has 0 radical (unpaired) electrons. The molecule has 1 aliphatic heterocycles. The van der Waals surface area contributed by atoms with Crippen molar-refractivity contribution in [2.75, 3.05) is 26.3 Å². The number of carbonyl (C=O) groups is 1. The summed E-state index contributed by atoms with van der Waals surface area (Å²) in [5.41, 5.74) is 2.63. The third-order valence-corrected chi connectivity index (χ3v) is 7.27. The lowest BCUT2D eigenvalue weighted by atomic mass is 9.87. The average Bonchev–Trinajstić information content (AvgIpc) is 2.99. The standard InChI is InChI=1S/C35H40N2O5/c1-35(2,3)42-34(38)37-19-17-32(33(23-37)41-24-26-11-12-27-8-4-5-9-29(27)22-26)28-13-15-31(16-14-28)40-21-20-39-25-30-10-6-7-18-36-30/h4-16,18,22,32-33H,17,19-21,23-25H2,1-3H3. The van der Waals surface area contributed by atoms with E-state index in [9.17, 15) is 4.79 Å². The fraction of sp³-hybridized carbons (Fsp3) is 0.371. The summed E-state index contributed by atoms with van der Waals surface area (Å²) in [6.45, 7) is 8.62. The molecule has 2 atom stereocenters. The number of likely N-dealkylation sites (tertiary alicyclic amines) is 1. The highest BCUT2D eigenvalue weighted by atomic mass is 16.6. The monoisotopic (exact) mass is 568 g/mol. The summed E-state index contributed by atoms with van der Waals surface area (Å²) in [5.74, 6) is 0.930. The zero-order chi connectivity index (χ0) is 29.4. The normalized spacial score (nSPS) is 17.3. The van der Waals surface area contributed by atoms with Crippen LogP contribution in [0.4, 0.5) is 4.79 Å². The molecule has 2 heterocycles. The van der Waals surface area contributed by atoms with E-state index in [-0.39, 0.29) is 18.1 Å². The summed E-state index contributed by atoms with van der Waals surface area (Å²) in [6, 6.07) is 28.7. The van der Waals surface area contributed by atoms with Crippen LogP contribution >= 0.6 is 0 Å². The van der Waals surface area contributed by atoms with Gasteiger partial charge in [0.05, 0.1) is 38.2 Å². The Morgan fingerprint density at radius 3 is 2.45 bits per heavy atom. The van der Waals surface area contributed by atoms with E-state index in [1.54, 1.807) is 11.1 Å². The molecule has 1 aliphatic rings. The summed E-state index contributed by atoms with van der Waals surface area (Å²) in [5, 5.41) is 2.39. The van der Waals surface area contributed by atoms with E-state index >= 15 is 0 Å². The van der Waals surface area contributed by atoms with Crippen molar-refractivity contribution >= 4 is 16.9 Å². The van der Waals surface area contributed by atoms with Crippen molar-refractivity contribution in [2.24, 2.45) is 0 Å². The highest BCUT2D eigenvalue weighted by molar-refractivity contribution is 5.82. The van der Waals surface area contributed by atoms with E-state index in [1.807, 2.05) is 63.2 Å². The SMILES string of the molecule is CC(C)(C)OC(=O)N1CCC(c2ccc(OCCOCc3ccccn3)cc2)C(OCc2ccc3ccccc3c2)C1. The van der Waals surface area contributed by atoms with Gasteiger partial charge in [0.1, 0.15) is 18.0 Å². The number of benzene rings is 3. The number of amides is 1. The van der Waals surface area contributed by atoms with Crippen LogP contribution in [0.5, 0.6) is 5.75 Å². The quantitative estimate of drug-likeness (QED) is 0.189. The van der Waals surface area contributed by atoms with Gasteiger partial charge in [0.15, 0.2) is 0 Å². The van der Waals surface area contributed by atoms with Gasteiger partial charge < -0.3 is 23.8 Å². The van der Waals surface area contributed by atoms with E-state index in [0.29, 0.717) is 39.5 Å². The predicted molar refractivity (Wildman–Crippen MR) is 164 cm³/mol. The molecule has 220 valence electrons. The van der Waals surface area contributed by atoms with E-state index in [1.165, 1.54) is 16.3 Å². The van der Waals surface area contributed by atoms with E-state index in [0.717, 1.165) is 23.4 Å². The predicted octanol–water partition coefficient (Wildman–Crippen LogP) is 7.14. The highest BCUT2D eigenvalue weighted by Gasteiger charge is 2.35. The Morgan fingerprint density at radius 2 is 1.69 bits per heavy atom. The van der Waals surface area contributed by atoms with Gasteiger partial charge in [0.25, 0.3) is 0 Å². The summed E-state index contributed by atoms with van der Waals surface area (Å²) < 4.78 is 23.8. The molecule has 0 saturated carbocycles. The second-order valence-corrected chi connectivity index (χ2v) is 11.6. The maximum absolute atomic E-state index is 12.9. The number of pyridine rings is 1. The molecular weight excluding hydrogens is 528 g/mol. The molecule has 1 aromatic heterocycles. The fourth-order valence-electron chi connectivity index (χ4n) is 5.18. The maximum Gasteiger partial charge on any atom is 0.410 e. The van der Waals surface area contributed by atoms with Crippen LogP contribution in [0, 0.1) is 0 Å². The van der Waals surface area contributed by atoms with Gasteiger partial charge in [-0.2, -0.15) is 0 Å². The van der Waals surface area contributed by atoms with Crippen molar-refractivity contribution in [3.8, 4) is 5.75 Å². The minimum absolute atomic E-state index is 0.139.